The van der Waals surface area contributed by atoms with Crippen molar-refractivity contribution >= 4 is 73.8 Å². The number of carbonyl (C=O) groups is 3. The molecule has 0 spiro atoms. The predicted molar refractivity (Wildman–Crippen MR) is 175 cm³/mol. The Labute approximate surface area is 263 Å². The van der Waals surface area contributed by atoms with Crippen LogP contribution in [0.3, 0.4) is 0 Å². The number of halogens is 1. The average Bonchev–Trinajstić information content (AvgIpc) is 3.43. The molecule has 0 aliphatic heterocycles. The molecule has 0 bridgehead atoms. The van der Waals surface area contributed by atoms with E-state index in [1.54, 1.807) is 53.2 Å². The Bertz CT molecular complexity index is 2240. The zero-order valence-electron chi connectivity index (χ0n) is 25.2. The van der Waals surface area contributed by atoms with Crippen molar-refractivity contribution in [3.05, 3.63) is 131 Å². The quantitative estimate of drug-likeness (QED) is 0.0637. The van der Waals surface area contributed by atoms with Gasteiger partial charge in [-0.25, -0.2) is 14.0 Å². The van der Waals surface area contributed by atoms with E-state index in [4.69, 9.17) is 14.2 Å². The lowest BCUT2D eigenvalue weighted by atomic mass is 9.98. The fourth-order valence-electron chi connectivity index (χ4n) is 5.89. The number of carbonyl (C=O) groups excluding carboxylic acids is 3. The predicted octanol–water partition coefficient (Wildman–Crippen LogP) is 6.96. The molecular weight excluding hydrogens is 585 g/mol. The molecule has 6 rings (SSSR count). The summed E-state index contributed by atoms with van der Waals surface area (Å²) in [6.07, 6.45) is 5.33. The summed E-state index contributed by atoms with van der Waals surface area (Å²) in [4.78, 5) is 40.5. The molecule has 0 fully saturated rings. The van der Waals surface area contributed by atoms with Gasteiger partial charge >= 0.3 is 11.9 Å². The number of nitrogens with zero attached hydrogens (tertiary/aromatic N) is 1. The number of para-hydroxylation sites is 1. The maximum Gasteiger partial charge on any atom is 0.379 e. The normalized spacial score (nSPS) is 12.0. The second kappa shape index (κ2) is 12.5. The highest BCUT2D eigenvalue weighted by Gasteiger charge is 2.32. The molecule has 0 unspecified atom stereocenters. The fourth-order valence-corrected chi connectivity index (χ4v) is 5.89. The lowest BCUT2D eigenvalue weighted by Gasteiger charge is -2.15. The van der Waals surface area contributed by atoms with E-state index < -0.39 is 17.9 Å². The van der Waals surface area contributed by atoms with Crippen molar-refractivity contribution in [3.8, 4) is 0 Å². The zero-order chi connectivity index (χ0) is 32.4. The van der Waals surface area contributed by atoms with Gasteiger partial charge in [-0.1, -0.05) is 106 Å². The summed E-state index contributed by atoms with van der Waals surface area (Å²) in [6.45, 7) is 0. The van der Waals surface area contributed by atoms with Crippen molar-refractivity contribution in [2.45, 2.75) is 0 Å². The van der Waals surface area contributed by atoms with E-state index in [1.165, 1.54) is 33.5 Å². The van der Waals surface area contributed by atoms with Crippen LogP contribution in [0.5, 0.6) is 0 Å². The number of methoxy groups -OCH3 is 3. The van der Waals surface area contributed by atoms with Gasteiger partial charge < -0.3 is 14.2 Å². The van der Waals surface area contributed by atoms with Gasteiger partial charge in [0.15, 0.2) is 6.20 Å². The van der Waals surface area contributed by atoms with E-state index >= 15 is 0 Å². The van der Waals surface area contributed by atoms with Crippen molar-refractivity contribution in [1.82, 2.24) is 0 Å². The second-order valence-electron chi connectivity index (χ2n) is 10.4. The molecule has 6 aromatic rings. The Morgan fingerprint density at radius 1 is 0.717 bits per heavy atom. The van der Waals surface area contributed by atoms with Crippen molar-refractivity contribution in [2.24, 2.45) is 0 Å². The molecule has 0 N–H and O–H groups in total. The van der Waals surface area contributed by atoms with E-state index in [2.05, 4.69) is 0 Å². The summed E-state index contributed by atoms with van der Waals surface area (Å²) in [5.41, 5.74) is 2.69. The molecule has 1 heterocycles. The smallest absolute Gasteiger partial charge is 0.379 e. The number of hydrogen-bond donors (Lipinski definition) is 0. The highest BCUT2D eigenvalue weighted by molar-refractivity contribution is 6.39. The van der Waals surface area contributed by atoms with Gasteiger partial charge in [0.05, 0.1) is 32.3 Å². The van der Waals surface area contributed by atoms with Gasteiger partial charge in [0.25, 0.3) is 11.7 Å². The van der Waals surface area contributed by atoms with E-state index in [0.717, 1.165) is 10.9 Å². The SMILES string of the molecule is COC(=O)/C(=C(/C(=O)OC)[n+]1ccc(/C=C/c2cccc(F)c2)c2ccccc21)[c-]1c2ccccc2c2c(C(=O)OC)cccc21. The Morgan fingerprint density at radius 2 is 1.41 bits per heavy atom. The zero-order valence-corrected chi connectivity index (χ0v) is 25.2. The molecule has 5 aromatic carbocycles. The average molecular weight is 614 g/mol. The first-order valence-corrected chi connectivity index (χ1v) is 14.3. The molecule has 0 radical (unpaired) electrons. The van der Waals surface area contributed by atoms with Gasteiger partial charge in [-0.05, 0) is 29.3 Å². The molecule has 0 aliphatic carbocycles. The van der Waals surface area contributed by atoms with Crippen LogP contribution < -0.4 is 4.57 Å². The van der Waals surface area contributed by atoms with Crippen LogP contribution in [0.4, 0.5) is 4.39 Å². The molecule has 0 saturated heterocycles. The summed E-state index contributed by atoms with van der Waals surface area (Å²) in [5, 5.41) is 3.24. The summed E-state index contributed by atoms with van der Waals surface area (Å²) < 4.78 is 31.1. The standard InChI is InChI=1S/C38H28FNO6/c1-44-36(41)30-16-9-15-29-32(30)27-13-4-5-14-28(27)33(29)34(37(42)45-2)35(38(43)46-3)40-21-20-24(26-12-6-7-17-31(26)40)19-18-23-10-8-11-25(39)22-23/h4-22H,1-3H3/b19-18+,35-34-. The molecule has 228 valence electrons. The molecule has 46 heavy (non-hydrogen) atoms. The number of hydrogen-bond acceptors (Lipinski definition) is 6. The van der Waals surface area contributed by atoms with Gasteiger partial charge in [-0.3, -0.25) is 4.79 Å². The number of rotatable bonds is 7. The van der Waals surface area contributed by atoms with Gasteiger partial charge in [0.1, 0.15) is 5.82 Å². The van der Waals surface area contributed by atoms with Gasteiger partial charge in [0, 0.05) is 17.7 Å². The van der Waals surface area contributed by atoms with Crippen molar-refractivity contribution in [2.75, 3.05) is 21.3 Å². The minimum atomic E-state index is -0.777. The number of fused-ring (bicyclic) bond motifs is 4. The lowest BCUT2D eigenvalue weighted by molar-refractivity contribution is -0.548. The maximum atomic E-state index is 13.9. The van der Waals surface area contributed by atoms with Crippen LogP contribution in [0.1, 0.15) is 27.0 Å². The summed E-state index contributed by atoms with van der Waals surface area (Å²) in [5.74, 6) is -2.42. The first kappa shape index (κ1) is 30.0. The minimum absolute atomic E-state index is 0.0410. The molecule has 0 atom stereocenters. The maximum absolute atomic E-state index is 13.9. The van der Waals surface area contributed by atoms with E-state index in [0.29, 0.717) is 43.8 Å². The molecular formula is C38H28FNO6. The van der Waals surface area contributed by atoms with Crippen LogP contribution in [0.2, 0.25) is 0 Å². The molecule has 8 heteroatoms. The van der Waals surface area contributed by atoms with Crippen LogP contribution in [-0.2, 0) is 23.8 Å². The van der Waals surface area contributed by atoms with Gasteiger partial charge in [0.2, 0.25) is 5.52 Å². The lowest BCUT2D eigenvalue weighted by Crippen LogP contribution is -2.39. The number of ether oxygens (including phenoxy) is 3. The minimum Gasteiger partial charge on any atom is -0.490 e. The first-order valence-electron chi connectivity index (χ1n) is 14.3. The highest BCUT2D eigenvalue weighted by Crippen LogP contribution is 2.41. The topological polar surface area (TPSA) is 82.8 Å². The second-order valence-corrected chi connectivity index (χ2v) is 10.4. The molecule has 0 saturated carbocycles. The Hall–Kier alpha value is -6.02. The van der Waals surface area contributed by atoms with E-state index in [-0.39, 0.29) is 17.1 Å². The van der Waals surface area contributed by atoms with Gasteiger partial charge in [-0.15, -0.1) is 0 Å². The summed E-state index contributed by atoms with van der Waals surface area (Å²) in [6, 6.07) is 27.9. The molecule has 1 aromatic heterocycles. The third-order valence-corrected chi connectivity index (χ3v) is 7.88. The van der Waals surface area contributed by atoms with Crippen LogP contribution >= 0.6 is 0 Å². The number of benzene rings is 4. The first-order chi connectivity index (χ1) is 22.4. The van der Waals surface area contributed by atoms with Crippen molar-refractivity contribution < 1.29 is 37.6 Å². The molecule has 7 nitrogen and oxygen atoms in total. The third kappa shape index (κ3) is 5.20. The summed E-state index contributed by atoms with van der Waals surface area (Å²) >= 11 is 0. The summed E-state index contributed by atoms with van der Waals surface area (Å²) in [7, 11) is 3.79. The van der Waals surface area contributed by atoms with Crippen molar-refractivity contribution in [3.63, 3.8) is 0 Å². The number of pyridine rings is 1. The van der Waals surface area contributed by atoms with Crippen LogP contribution in [-0.4, -0.2) is 39.2 Å². The number of aromatic nitrogens is 1. The van der Waals surface area contributed by atoms with Crippen LogP contribution in [0, 0.1) is 5.82 Å². The molecule has 0 amide bonds. The number of esters is 3. The van der Waals surface area contributed by atoms with Crippen LogP contribution in [0.25, 0.3) is 55.9 Å². The highest BCUT2D eigenvalue weighted by atomic mass is 19.1. The van der Waals surface area contributed by atoms with Crippen LogP contribution in [0.15, 0.2) is 103 Å². The Morgan fingerprint density at radius 3 is 2.15 bits per heavy atom. The van der Waals surface area contributed by atoms with Gasteiger partial charge in [-0.2, -0.15) is 4.57 Å². The third-order valence-electron chi connectivity index (χ3n) is 7.88. The van der Waals surface area contributed by atoms with Crippen molar-refractivity contribution in [1.29, 1.82) is 0 Å². The Balaban J connectivity index is 1.70. The largest absolute Gasteiger partial charge is 0.490 e. The molecule has 0 aliphatic rings. The fraction of sp³-hybridized carbons (Fsp3) is 0.0789. The monoisotopic (exact) mass is 613 g/mol. The van der Waals surface area contributed by atoms with E-state index in [9.17, 15) is 18.8 Å². The Kier molecular flexibility index (Phi) is 8.18. The van der Waals surface area contributed by atoms with E-state index in [1.807, 2.05) is 54.6 Å².